The van der Waals surface area contributed by atoms with E-state index in [1.165, 1.54) is 0 Å². The molecule has 102 valence electrons. The van der Waals surface area contributed by atoms with Gasteiger partial charge in [0.2, 0.25) is 0 Å². The first-order valence-electron chi connectivity index (χ1n) is 5.46. The molecule has 0 aliphatic carbocycles. The number of aromatic nitrogens is 2. The Morgan fingerprint density at radius 1 is 1.37 bits per heavy atom. The van der Waals surface area contributed by atoms with Crippen molar-refractivity contribution in [2.45, 2.75) is 12.4 Å². The van der Waals surface area contributed by atoms with Gasteiger partial charge in [0.1, 0.15) is 5.82 Å². The van der Waals surface area contributed by atoms with E-state index in [1.807, 2.05) is 4.57 Å². The summed E-state index contributed by atoms with van der Waals surface area (Å²) in [5, 5.41) is 3.40. The van der Waals surface area contributed by atoms with Gasteiger partial charge in [0.15, 0.2) is 0 Å². The van der Waals surface area contributed by atoms with Crippen molar-refractivity contribution >= 4 is 51.9 Å². The summed E-state index contributed by atoms with van der Waals surface area (Å²) < 4.78 is 1.88. The fourth-order valence-electron chi connectivity index (χ4n) is 1.81. The third kappa shape index (κ3) is 3.05. The fraction of sp³-hybridized carbons (Fsp3) is 0.273. The van der Waals surface area contributed by atoms with Crippen molar-refractivity contribution in [3.05, 3.63) is 28.0 Å². The molecular formula is C11H11Cl3N4O. The summed E-state index contributed by atoms with van der Waals surface area (Å²) in [5.41, 5.74) is 6.55. The average molecular weight is 322 g/mol. The van der Waals surface area contributed by atoms with Gasteiger partial charge in [-0.05, 0) is 12.1 Å². The van der Waals surface area contributed by atoms with Gasteiger partial charge in [0, 0.05) is 13.1 Å². The molecule has 0 spiro atoms. The van der Waals surface area contributed by atoms with Gasteiger partial charge in [0.25, 0.3) is 0 Å². The lowest BCUT2D eigenvalue weighted by Gasteiger charge is -2.08. The number of rotatable bonds is 4. The number of nitrogens with two attached hydrogens (primary N) is 1. The maximum Gasteiger partial charge on any atom is 0.312 e. The molecule has 0 radical (unpaired) electrons. The standard InChI is InChI=1S/C11H11Cl3N4O/c12-5-10-17-8-3-6(13)7(14)4-9(8)18(10)2-1-16-11(15)19/h3-4H,1-2,5H2,(H3,15,16,19). The first-order chi connectivity index (χ1) is 9.02. The zero-order valence-electron chi connectivity index (χ0n) is 9.79. The molecule has 0 aliphatic heterocycles. The smallest absolute Gasteiger partial charge is 0.312 e. The van der Waals surface area contributed by atoms with Gasteiger partial charge in [-0.2, -0.15) is 0 Å². The van der Waals surface area contributed by atoms with Crippen LogP contribution in [0, 0.1) is 0 Å². The van der Waals surface area contributed by atoms with Crippen molar-refractivity contribution in [2.24, 2.45) is 5.73 Å². The minimum atomic E-state index is -0.571. The van der Waals surface area contributed by atoms with Crippen LogP contribution < -0.4 is 11.1 Å². The second-order valence-electron chi connectivity index (χ2n) is 3.86. The van der Waals surface area contributed by atoms with E-state index in [1.54, 1.807) is 12.1 Å². The maximum absolute atomic E-state index is 10.7. The second-order valence-corrected chi connectivity index (χ2v) is 4.94. The highest BCUT2D eigenvalue weighted by Gasteiger charge is 2.12. The lowest BCUT2D eigenvalue weighted by Crippen LogP contribution is -2.32. The Morgan fingerprint density at radius 3 is 2.68 bits per heavy atom. The lowest BCUT2D eigenvalue weighted by molar-refractivity contribution is 0.248. The molecule has 2 amide bonds. The number of hydrogen-bond donors (Lipinski definition) is 2. The molecule has 8 heteroatoms. The fourth-order valence-corrected chi connectivity index (χ4v) is 2.33. The molecule has 1 aromatic heterocycles. The Bertz CT molecular complexity index is 626. The summed E-state index contributed by atoms with van der Waals surface area (Å²) in [6.45, 7) is 0.879. The van der Waals surface area contributed by atoms with Gasteiger partial charge in [-0.1, -0.05) is 23.2 Å². The predicted octanol–water partition coefficient (Wildman–Crippen LogP) is 2.75. The summed E-state index contributed by atoms with van der Waals surface area (Å²) in [6, 6.07) is 2.85. The van der Waals surface area contributed by atoms with Gasteiger partial charge >= 0.3 is 6.03 Å². The Hall–Kier alpha value is -1.17. The van der Waals surface area contributed by atoms with Gasteiger partial charge < -0.3 is 15.6 Å². The van der Waals surface area contributed by atoms with Gasteiger partial charge in [-0.15, -0.1) is 11.6 Å². The van der Waals surface area contributed by atoms with E-state index in [0.29, 0.717) is 34.5 Å². The number of primary amides is 1. The minimum Gasteiger partial charge on any atom is -0.352 e. The number of fused-ring (bicyclic) bond motifs is 1. The normalized spacial score (nSPS) is 10.9. The summed E-state index contributed by atoms with van der Waals surface area (Å²) >= 11 is 17.8. The van der Waals surface area contributed by atoms with E-state index in [2.05, 4.69) is 10.3 Å². The highest BCUT2D eigenvalue weighted by atomic mass is 35.5. The van der Waals surface area contributed by atoms with E-state index in [9.17, 15) is 4.79 Å². The summed E-state index contributed by atoms with van der Waals surface area (Å²) in [4.78, 5) is 15.0. The minimum absolute atomic E-state index is 0.250. The number of amides is 2. The van der Waals surface area contributed by atoms with Crippen LogP contribution in [0.25, 0.3) is 11.0 Å². The number of urea groups is 1. The molecule has 0 bridgehead atoms. The van der Waals surface area contributed by atoms with Crippen molar-refractivity contribution in [1.82, 2.24) is 14.9 Å². The van der Waals surface area contributed by atoms with Crippen LogP contribution in [0.3, 0.4) is 0 Å². The lowest BCUT2D eigenvalue weighted by atomic mass is 10.3. The first kappa shape index (κ1) is 14.2. The maximum atomic E-state index is 10.7. The van der Waals surface area contributed by atoms with Crippen LogP contribution in [0.5, 0.6) is 0 Å². The molecule has 0 saturated heterocycles. The third-order valence-corrected chi connectivity index (χ3v) is 3.58. The van der Waals surface area contributed by atoms with E-state index in [-0.39, 0.29) is 5.88 Å². The molecule has 19 heavy (non-hydrogen) atoms. The topological polar surface area (TPSA) is 72.9 Å². The molecule has 2 aromatic rings. The van der Waals surface area contributed by atoms with Crippen molar-refractivity contribution in [3.63, 3.8) is 0 Å². The van der Waals surface area contributed by atoms with Gasteiger partial charge in [0.05, 0.1) is 27.0 Å². The number of nitrogens with zero attached hydrogens (tertiary/aromatic N) is 2. The Morgan fingerprint density at radius 2 is 2.05 bits per heavy atom. The van der Waals surface area contributed by atoms with Crippen molar-refractivity contribution in [2.75, 3.05) is 6.54 Å². The molecule has 0 aliphatic rings. The zero-order valence-corrected chi connectivity index (χ0v) is 12.1. The monoisotopic (exact) mass is 320 g/mol. The molecule has 2 rings (SSSR count). The number of carbonyl (C=O) groups is 1. The third-order valence-electron chi connectivity index (χ3n) is 2.62. The molecule has 0 unspecified atom stereocenters. The molecule has 1 heterocycles. The SMILES string of the molecule is NC(=O)NCCn1c(CCl)nc2cc(Cl)c(Cl)cc21. The average Bonchev–Trinajstić information content (AvgIpc) is 2.67. The predicted molar refractivity (Wildman–Crippen MR) is 76.9 cm³/mol. The van der Waals surface area contributed by atoms with Crippen LogP contribution in [0.15, 0.2) is 12.1 Å². The highest BCUT2D eigenvalue weighted by molar-refractivity contribution is 6.42. The van der Waals surface area contributed by atoms with Gasteiger partial charge in [-0.3, -0.25) is 0 Å². The number of carbonyl (C=O) groups excluding carboxylic acids is 1. The van der Waals surface area contributed by atoms with Gasteiger partial charge in [-0.25, -0.2) is 9.78 Å². The molecule has 0 atom stereocenters. The second kappa shape index (κ2) is 5.86. The number of benzene rings is 1. The molecular weight excluding hydrogens is 311 g/mol. The Labute approximate surface area is 124 Å². The highest BCUT2D eigenvalue weighted by Crippen LogP contribution is 2.28. The largest absolute Gasteiger partial charge is 0.352 e. The van der Waals surface area contributed by atoms with Crippen LogP contribution in [0.4, 0.5) is 4.79 Å². The van der Waals surface area contributed by atoms with E-state index in [4.69, 9.17) is 40.5 Å². The van der Waals surface area contributed by atoms with Crippen LogP contribution in [0.1, 0.15) is 5.82 Å². The summed E-state index contributed by atoms with van der Waals surface area (Å²) in [7, 11) is 0. The van der Waals surface area contributed by atoms with E-state index in [0.717, 1.165) is 5.52 Å². The molecule has 3 N–H and O–H groups in total. The van der Waals surface area contributed by atoms with Crippen molar-refractivity contribution < 1.29 is 4.79 Å². The number of halogens is 3. The first-order valence-corrected chi connectivity index (χ1v) is 6.75. The quantitative estimate of drug-likeness (QED) is 0.850. The zero-order chi connectivity index (χ0) is 14.0. The molecule has 1 aromatic carbocycles. The van der Waals surface area contributed by atoms with E-state index < -0.39 is 6.03 Å². The number of alkyl halides is 1. The number of hydrogen-bond acceptors (Lipinski definition) is 2. The molecule has 5 nitrogen and oxygen atoms in total. The van der Waals surface area contributed by atoms with Crippen LogP contribution in [0.2, 0.25) is 10.0 Å². The van der Waals surface area contributed by atoms with Crippen molar-refractivity contribution in [1.29, 1.82) is 0 Å². The van der Waals surface area contributed by atoms with Crippen LogP contribution >= 0.6 is 34.8 Å². The summed E-state index contributed by atoms with van der Waals surface area (Å²) in [5.74, 6) is 0.932. The van der Waals surface area contributed by atoms with Crippen LogP contribution in [-0.4, -0.2) is 22.1 Å². The number of imidazole rings is 1. The Balaban J connectivity index is 2.39. The van der Waals surface area contributed by atoms with Crippen molar-refractivity contribution in [3.8, 4) is 0 Å². The summed E-state index contributed by atoms with van der Waals surface area (Å²) in [6.07, 6.45) is 0. The van der Waals surface area contributed by atoms with E-state index >= 15 is 0 Å². The Kier molecular flexibility index (Phi) is 4.39. The van der Waals surface area contributed by atoms with Crippen LogP contribution in [-0.2, 0) is 12.4 Å². The number of nitrogens with one attached hydrogen (secondary N) is 1. The molecule has 0 saturated carbocycles. The molecule has 0 fully saturated rings.